The number of rotatable bonds is 5. The van der Waals surface area contributed by atoms with Crippen molar-refractivity contribution in [3.63, 3.8) is 0 Å². The summed E-state index contributed by atoms with van der Waals surface area (Å²) in [5, 5.41) is 0. The number of benzene rings is 1. The van der Waals surface area contributed by atoms with Crippen LogP contribution in [0.25, 0.3) is 0 Å². The molecule has 2 amide bonds. The lowest BCUT2D eigenvalue weighted by Gasteiger charge is -2.33. The summed E-state index contributed by atoms with van der Waals surface area (Å²) in [6.07, 6.45) is 1.08. The second-order valence-electron chi connectivity index (χ2n) is 6.83. The monoisotopic (exact) mass is 360 g/mol. The molecule has 0 atom stereocenters. The van der Waals surface area contributed by atoms with Gasteiger partial charge < -0.3 is 14.5 Å². The lowest BCUT2D eigenvalue weighted by molar-refractivity contribution is -0.156. The molecule has 0 radical (unpaired) electrons. The van der Waals surface area contributed by atoms with E-state index in [0.29, 0.717) is 39.1 Å². The maximum atomic E-state index is 12.7. The molecule has 0 bridgehead atoms. The SMILES string of the molecule is CCOC(=O)C1CCN(C(=O)C(=O)N(Cc2ccccc2)C(C)C)CC1. The van der Waals surface area contributed by atoms with Gasteiger partial charge in [-0.05, 0) is 39.2 Å². The third kappa shape index (κ3) is 5.07. The van der Waals surface area contributed by atoms with Crippen molar-refractivity contribution in [2.45, 2.75) is 46.2 Å². The maximum absolute atomic E-state index is 12.7. The Balaban J connectivity index is 1.97. The second-order valence-corrected chi connectivity index (χ2v) is 6.83. The standard InChI is InChI=1S/C20H28N2O4/c1-4-26-20(25)17-10-12-21(13-11-17)18(23)19(24)22(15(2)3)14-16-8-6-5-7-9-16/h5-9,15,17H,4,10-14H2,1-3H3. The minimum Gasteiger partial charge on any atom is -0.466 e. The number of ether oxygens (including phenoxy) is 1. The van der Waals surface area contributed by atoms with Crippen molar-refractivity contribution in [1.29, 1.82) is 0 Å². The lowest BCUT2D eigenvalue weighted by Crippen LogP contribution is -2.50. The normalized spacial score (nSPS) is 15.0. The molecule has 142 valence electrons. The fourth-order valence-corrected chi connectivity index (χ4v) is 3.11. The highest BCUT2D eigenvalue weighted by Crippen LogP contribution is 2.20. The molecule has 1 fully saturated rings. The zero-order valence-electron chi connectivity index (χ0n) is 15.8. The summed E-state index contributed by atoms with van der Waals surface area (Å²) in [4.78, 5) is 40.4. The highest BCUT2D eigenvalue weighted by molar-refractivity contribution is 6.35. The van der Waals surface area contributed by atoms with Crippen molar-refractivity contribution in [3.8, 4) is 0 Å². The third-order valence-corrected chi connectivity index (χ3v) is 4.67. The summed E-state index contributed by atoms with van der Waals surface area (Å²) in [7, 11) is 0. The Labute approximate surface area is 155 Å². The van der Waals surface area contributed by atoms with Gasteiger partial charge >= 0.3 is 17.8 Å². The number of hydrogen-bond acceptors (Lipinski definition) is 4. The van der Waals surface area contributed by atoms with Crippen LogP contribution in [0.3, 0.4) is 0 Å². The number of esters is 1. The molecule has 0 aromatic heterocycles. The molecule has 1 heterocycles. The molecule has 2 rings (SSSR count). The van der Waals surface area contributed by atoms with E-state index in [0.717, 1.165) is 5.56 Å². The maximum Gasteiger partial charge on any atom is 0.312 e. The Kier molecular flexibility index (Phi) is 7.18. The molecule has 6 nitrogen and oxygen atoms in total. The molecule has 1 saturated heterocycles. The van der Waals surface area contributed by atoms with Crippen molar-refractivity contribution in [2.24, 2.45) is 5.92 Å². The van der Waals surface area contributed by atoms with Crippen LogP contribution in [-0.4, -0.2) is 53.3 Å². The largest absolute Gasteiger partial charge is 0.466 e. The highest BCUT2D eigenvalue weighted by Gasteiger charge is 2.33. The summed E-state index contributed by atoms with van der Waals surface area (Å²) in [5.74, 6) is -1.37. The zero-order chi connectivity index (χ0) is 19.1. The first kappa shape index (κ1) is 19.9. The topological polar surface area (TPSA) is 66.9 Å². The number of piperidine rings is 1. The van der Waals surface area contributed by atoms with E-state index in [1.165, 1.54) is 0 Å². The first-order valence-corrected chi connectivity index (χ1v) is 9.24. The number of carbonyl (C=O) groups is 3. The number of amides is 2. The number of likely N-dealkylation sites (tertiary alicyclic amines) is 1. The molecular formula is C20H28N2O4. The molecule has 26 heavy (non-hydrogen) atoms. The number of carbonyl (C=O) groups excluding carboxylic acids is 3. The number of nitrogens with zero attached hydrogens (tertiary/aromatic N) is 2. The Morgan fingerprint density at radius 1 is 1.15 bits per heavy atom. The average Bonchev–Trinajstić information content (AvgIpc) is 2.66. The Morgan fingerprint density at radius 3 is 2.31 bits per heavy atom. The van der Waals surface area contributed by atoms with Gasteiger partial charge in [0.1, 0.15) is 0 Å². The molecule has 0 unspecified atom stereocenters. The van der Waals surface area contributed by atoms with Gasteiger partial charge in [-0.3, -0.25) is 14.4 Å². The van der Waals surface area contributed by atoms with Crippen LogP contribution in [-0.2, 0) is 25.7 Å². The van der Waals surface area contributed by atoms with E-state index in [9.17, 15) is 14.4 Å². The minimum absolute atomic E-state index is 0.0799. The molecule has 0 N–H and O–H groups in total. The second kappa shape index (κ2) is 9.36. The van der Waals surface area contributed by atoms with Crippen LogP contribution in [0, 0.1) is 5.92 Å². The molecule has 1 aromatic rings. The van der Waals surface area contributed by atoms with Crippen LogP contribution < -0.4 is 0 Å². The first-order chi connectivity index (χ1) is 12.4. The lowest BCUT2D eigenvalue weighted by atomic mass is 9.97. The molecule has 1 aromatic carbocycles. The highest BCUT2D eigenvalue weighted by atomic mass is 16.5. The van der Waals surface area contributed by atoms with E-state index in [4.69, 9.17) is 4.74 Å². The smallest absolute Gasteiger partial charge is 0.312 e. The Morgan fingerprint density at radius 2 is 1.77 bits per heavy atom. The number of hydrogen-bond donors (Lipinski definition) is 0. The van der Waals surface area contributed by atoms with Crippen molar-refractivity contribution in [3.05, 3.63) is 35.9 Å². The quantitative estimate of drug-likeness (QED) is 0.596. The van der Waals surface area contributed by atoms with Gasteiger partial charge in [-0.1, -0.05) is 30.3 Å². The molecule has 0 saturated carbocycles. The summed E-state index contributed by atoms with van der Waals surface area (Å²) in [6, 6.07) is 9.56. The van der Waals surface area contributed by atoms with Gasteiger partial charge in [0.05, 0.1) is 12.5 Å². The Hall–Kier alpha value is -2.37. The van der Waals surface area contributed by atoms with E-state index in [1.807, 2.05) is 44.2 Å². The van der Waals surface area contributed by atoms with Crippen LogP contribution in [0.1, 0.15) is 39.2 Å². The van der Waals surface area contributed by atoms with Crippen molar-refractivity contribution in [1.82, 2.24) is 9.80 Å². The van der Waals surface area contributed by atoms with Gasteiger partial charge in [0.2, 0.25) is 0 Å². The minimum atomic E-state index is -0.489. The summed E-state index contributed by atoms with van der Waals surface area (Å²) < 4.78 is 5.04. The zero-order valence-corrected chi connectivity index (χ0v) is 15.8. The van der Waals surface area contributed by atoms with Crippen molar-refractivity contribution in [2.75, 3.05) is 19.7 Å². The van der Waals surface area contributed by atoms with Gasteiger partial charge in [0, 0.05) is 25.7 Å². The molecule has 1 aliphatic rings. The van der Waals surface area contributed by atoms with E-state index >= 15 is 0 Å². The van der Waals surface area contributed by atoms with Gasteiger partial charge in [0.25, 0.3) is 0 Å². The molecule has 0 aliphatic carbocycles. The van der Waals surface area contributed by atoms with Crippen LogP contribution in [0.2, 0.25) is 0 Å². The van der Waals surface area contributed by atoms with Crippen LogP contribution in [0.5, 0.6) is 0 Å². The van der Waals surface area contributed by atoms with Crippen LogP contribution in [0.4, 0.5) is 0 Å². The fourth-order valence-electron chi connectivity index (χ4n) is 3.11. The third-order valence-electron chi connectivity index (χ3n) is 4.67. The first-order valence-electron chi connectivity index (χ1n) is 9.24. The summed E-state index contributed by atoms with van der Waals surface area (Å²) in [6.45, 7) is 7.17. The van der Waals surface area contributed by atoms with E-state index in [2.05, 4.69) is 0 Å². The summed E-state index contributed by atoms with van der Waals surface area (Å²) >= 11 is 0. The molecule has 0 spiro atoms. The van der Waals surface area contributed by atoms with Crippen molar-refractivity contribution < 1.29 is 19.1 Å². The van der Waals surface area contributed by atoms with Crippen molar-refractivity contribution >= 4 is 17.8 Å². The average molecular weight is 360 g/mol. The van der Waals surface area contributed by atoms with E-state index in [-0.39, 0.29) is 17.9 Å². The van der Waals surface area contributed by atoms with E-state index in [1.54, 1.807) is 16.7 Å². The van der Waals surface area contributed by atoms with Crippen LogP contribution >= 0.6 is 0 Å². The predicted octanol–water partition coefficient (Wildman–Crippen LogP) is 2.23. The van der Waals surface area contributed by atoms with E-state index < -0.39 is 11.8 Å². The van der Waals surface area contributed by atoms with Gasteiger partial charge in [0.15, 0.2) is 0 Å². The fraction of sp³-hybridized carbons (Fsp3) is 0.550. The Bertz CT molecular complexity index is 622. The molecule has 6 heteroatoms. The van der Waals surface area contributed by atoms with Gasteiger partial charge in [-0.25, -0.2) is 0 Å². The summed E-state index contributed by atoms with van der Waals surface area (Å²) in [5.41, 5.74) is 0.989. The van der Waals surface area contributed by atoms with Gasteiger partial charge in [-0.2, -0.15) is 0 Å². The molecular weight excluding hydrogens is 332 g/mol. The van der Waals surface area contributed by atoms with Gasteiger partial charge in [-0.15, -0.1) is 0 Å². The van der Waals surface area contributed by atoms with Crippen LogP contribution in [0.15, 0.2) is 30.3 Å². The predicted molar refractivity (Wildman–Crippen MR) is 98.1 cm³/mol. The molecule has 1 aliphatic heterocycles.